The quantitative estimate of drug-likeness (QED) is 0.624. The van der Waals surface area contributed by atoms with Crippen LogP contribution in [-0.2, 0) is 12.8 Å². The summed E-state index contributed by atoms with van der Waals surface area (Å²) < 4.78 is 0. The number of rotatable bonds is 5. The highest BCUT2D eigenvalue weighted by molar-refractivity contribution is 5.65. The molecule has 0 fully saturated rings. The first-order valence-electron chi connectivity index (χ1n) is 6.61. The van der Waals surface area contributed by atoms with Crippen molar-refractivity contribution in [2.45, 2.75) is 52.4 Å². The maximum Gasteiger partial charge on any atom is -0.00853 e. The summed E-state index contributed by atoms with van der Waals surface area (Å²) in [6.07, 6.45) is 12.5. The highest BCUT2D eigenvalue weighted by Crippen LogP contribution is 2.27. The van der Waals surface area contributed by atoms with Crippen LogP contribution in [0.4, 0.5) is 0 Å². The van der Waals surface area contributed by atoms with Crippen molar-refractivity contribution in [1.82, 2.24) is 0 Å². The van der Waals surface area contributed by atoms with Gasteiger partial charge in [0.15, 0.2) is 0 Å². The number of unbranched alkanes of at least 4 members (excludes halogenated alkanes) is 3. The molecule has 86 valence electrons. The van der Waals surface area contributed by atoms with E-state index in [0.717, 1.165) is 6.42 Å². The first kappa shape index (κ1) is 11.4. The fourth-order valence-electron chi connectivity index (χ4n) is 2.57. The zero-order valence-corrected chi connectivity index (χ0v) is 10.6. The summed E-state index contributed by atoms with van der Waals surface area (Å²) in [6, 6.07) is 4.62. The number of fused-ring (bicyclic) bond motifs is 1. The lowest BCUT2D eigenvalue weighted by Crippen LogP contribution is -1.96. The lowest BCUT2D eigenvalue weighted by Gasteiger charge is -2.10. The van der Waals surface area contributed by atoms with E-state index in [-0.39, 0.29) is 0 Å². The van der Waals surface area contributed by atoms with Gasteiger partial charge in [-0.05, 0) is 48.4 Å². The Balaban J connectivity index is 2.03. The summed E-state index contributed by atoms with van der Waals surface area (Å²) in [5.41, 5.74) is 6.10. The highest BCUT2D eigenvalue weighted by Gasteiger charge is 2.11. The number of aryl methyl sites for hydroxylation is 2. The van der Waals surface area contributed by atoms with E-state index in [2.05, 4.69) is 38.1 Å². The number of hydrogen-bond acceptors (Lipinski definition) is 0. The molecule has 0 spiro atoms. The van der Waals surface area contributed by atoms with Gasteiger partial charge in [-0.2, -0.15) is 0 Å². The van der Waals surface area contributed by atoms with Gasteiger partial charge in [0.25, 0.3) is 0 Å². The Labute approximate surface area is 99.4 Å². The van der Waals surface area contributed by atoms with E-state index in [1.807, 2.05) is 0 Å². The van der Waals surface area contributed by atoms with E-state index < -0.39 is 0 Å². The molecule has 0 bridgehead atoms. The molecule has 1 aliphatic carbocycles. The smallest absolute Gasteiger partial charge is 0.00853 e. The zero-order chi connectivity index (χ0) is 11.4. The van der Waals surface area contributed by atoms with Crippen LogP contribution in [0.5, 0.6) is 0 Å². The van der Waals surface area contributed by atoms with E-state index in [0.29, 0.717) is 0 Å². The number of benzene rings is 1. The predicted octanol–water partition coefficient (Wildman–Crippen LogP) is 4.69. The summed E-state index contributed by atoms with van der Waals surface area (Å²) in [5, 5.41) is 0. The molecule has 0 heterocycles. The molecule has 0 atom stereocenters. The molecule has 1 aliphatic rings. The van der Waals surface area contributed by atoms with Gasteiger partial charge in [0, 0.05) is 0 Å². The topological polar surface area (TPSA) is 0 Å². The van der Waals surface area contributed by atoms with Gasteiger partial charge in [-0.3, -0.25) is 0 Å². The average Bonchev–Trinajstić information content (AvgIpc) is 2.77. The van der Waals surface area contributed by atoms with E-state index in [4.69, 9.17) is 0 Å². The molecule has 0 heteroatoms. The summed E-state index contributed by atoms with van der Waals surface area (Å²) in [5.74, 6) is 0. The van der Waals surface area contributed by atoms with Gasteiger partial charge in [-0.15, -0.1) is 0 Å². The van der Waals surface area contributed by atoms with Crippen LogP contribution in [0.15, 0.2) is 18.2 Å². The molecular weight excluding hydrogens is 192 g/mol. The monoisotopic (exact) mass is 214 g/mol. The third kappa shape index (κ3) is 2.37. The second-order valence-electron chi connectivity index (χ2n) is 4.85. The van der Waals surface area contributed by atoms with Gasteiger partial charge in [-0.1, -0.05) is 50.5 Å². The SMILES string of the molecule is CCCCCCc1ccc(C)c2c1CC=C2. The largest absolute Gasteiger partial charge is 0.0795 e. The Morgan fingerprint density at radius 1 is 1.12 bits per heavy atom. The van der Waals surface area contributed by atoms with E-state index in [1.54, 1.807) is 11.1 Å². The lowest BCUT2D eigenvalue weighted by molar-refractivity contribution is 0.665. The summed E-state index contributed by atoms with van der Waals surface area (Å²) in [7, 11) is 0. The summed E-state index contributed by atoms with van der Waals surface area (Å²) >= 11 is 0. The molecule has 1 aromatic carbocycles. The highest BCUT2D eigenvalue weighted by atomic mass is 14.2. The van der Waals surface area contributed by atoms with E-state index in [1.165, 1.54) is 43.2 Å². The molecule has 0 aromatic heterocycles. The van der Waals surface area contributed by atoms with Crippen molar-refractivity contribution >= 4 is 6.08 Å². The van der Waals surface area contributed by atoms with Gasteiger partial charge < -0.3 is 0 Å². The van der Waals surface area contributed by atoms with Crippen LogP contribution in [0.1, 0.15) is 54.9 Å². The molecule has 0 radical (unpaired) electrons. The fourth-order valence-corrected chi connectivity index (χ4v) is 2.57. The predicted molar refractivity (Wildman–Crippen MR) is 71.8 cm³/mol. The maximum absolute atomic E-state index is 2.34. The Morgan fingerprint density at radius 3 is 2.81 bits per heavy atom. The minimum Gasteiger partial charge on any atom is -0.0795 e. The molecule has 1 aromatic rings. The van der Waals surface area contributed by atoms with Crippen LogP contribution in [0.25, 0.3) is 6.08 Å². The van der Waals surface area contributed by atoms with Crippen LogP contribution < -0.4 is 0 Å². The Kier molecular flexibility index (Phi) is 3.82. The van der Waals surface area contributed by atoms with Crippen LogP contribution in [0, 0.1) is 6.92 Å². The minimum absolute atomic E-state index is 1.15. The molecule has 0 N–H and O–H groups in total. The molecule has 0 unspecified atom stereocenters. The van der Waals surface area contributed by atoms with Crippen molar-refractivity contribution in [2.24, 2.45) is 0 Å². The summed E-state index contributed by atoms with van der Waals surface area (Å²) in [4.78, 5) is 0. The van der Waals surface area contributed by atoms with Crippen LogP contribution in [0.2, 0.25) is 0 Å². The third-order valence-electron chi connectivity index (χ3n) is 3.58. The first-order chi connectivity index (χ1) is 7.83. The number of hydrogen-bond donors (Lipinski definition) is 0. The second-order valence-corrected chi connectivity index (χ2v) is 4.85. The van der Waals surface area contributed by atoms with Gasteiger partial charge in [-0.25, -0.2) is 0 Å². The molecule has 0 aliphatic heterocycles. The van der Waals surface area contributed by atoms with E-state index >= 15 is 0 Å². The van der Waals surface area contributed by atoms with Gasteiger partial charge in [0.05, 0.1) is 0 Å². The molecular formula is C16H22. The Bertz CT molecular complexity index is 385. The normalized spacial score (nSPS) is 13.1. The molecule has 16 heavy (non-hydrogen) atoms. The van der Waals surface area contributed by atoms with Crippen molar-refractivity contribution in [3.63, 3.8) is 0 Å². The van der Waals surface area contributed by atoms with Gasteiger partial charge >= 0.3 is 0 Å². The minimum atomic E-state index is 1.15. The Hall–Kier alpha value is -1.04. The van der Waals surface area contributed by atoms with Crippen LogP contribution in [-0.4, -0.2) is 0 Å². The van der Waals surface area contributed by atoms with Crippen molar-refractivity contribution in [1.29, 1.82) is 0 Å². The average molecular weight is 214 g/mol. The first-order valence-corrected chi connectivity index (χ1v) is 6.61. The second kappa shape index (κ2) is 5.34. The third-order valence-corrected chi connectivity index (χ3v) is 3.58. The van der Waals surface area contributed by atoms with Crippen molar-refractivity contribution in [3.05, 3.63) is 40.5 Å². The van der Waals surface area contributed by atoms with Crippen molar-refractivity contribution < 1.29 is 0 Å². The maximum atomic E-state index is 2.34. The molecule has 0 amide bonds. The van der Waals surface area contributed by atoms with Gasteiger partial charge in [0.2, 0.25) is 0 Å². The van der Waals surface area contributed by atoms with Crippen molar-refractivity contribution in [3.8, 4) is 0 Å². The molecule has 0 nitrogen and oxygen atoms in total. The Morgan fingerprint density at radius 2 is 2.00 bits per heavy atom. The lowest BCUT2D eigenvalue weighted by atomic mass is 9.95. The fraction of sp³-hybridized carbons (Fsp3) is 0.500. The van der Waals surface area contributed by atoms with Crippen molar-refractivity contribution in [2.75, 3.05) is 0 Å². The van der Waals surface area contributed by atoms with Gasteiger partial charge in [0.1, 0.15) is 0 Å². The number of allylic oxidation sites excluding steroid dienone is 1. The standard InChI is InChI=1S/C16H22/c1-3-4-5-6-8-14-12-11-13(2)15-9-7-10-16(14)15/h7,9,11-12H,3-6,8,10H2,1-2H3. The molecule has 2 rings (SSSR count). The zero-order valence-electron chi connectivity index (χ0n) is 10.6. The summed E-state index contributed by atoms with van der Waals surface area (Å²) in [6.45, 7) is 4.49. The van der Waals surface area contributed by atoms with Crippen LogP contribution >= 0.6 is 0 Å². The van der Waals surface area contributed by atoms with E-state index in [9.17, 15) is 0 Å². The molecule has 0 saturated carbocycles. The van der Waals surface area contributed by atoms with Crippen LogP contribution in [0.3, 0.4) is 0 Å². The molecule has 0 saturated heterocycles.